The van der Waals surface area contributed by atoms with E-state index in [1.165, 1.54) is 31.8 Å². The van der Waals surface area contributed by atoms with Crippen LogP contribution < -0.4 is 0 Å². The first kappa shape index (κ1) is 15.2. The zero-order chi connectivity index (χ0) is 12.1. The zero-order valence-electron chi connectivity index (χ0n) is 10.4. The summed E-state index contributed by atoms with van der Waals surface area (Å²) in [5, 5.41) is 0. The molecule has 3 nitrogen and oxygen atoms in total. The Morgan fingerprint density at radius 1 is 1.06 bits per heavy atom. The Morgan fingerprint density at radius 2 is 1.75 bits per heavy atom. The van der Waals surface area contributed by atoms with Gasteiger partial charge in [0.25, 0.3) is 0 Å². The number of esters is 1. The van der Waals surface area contributed by atoms with Crippen LogP contribution in [-0.2, 0) is 14.3 Å². The normalized spacial score (nSPS) is 10.1. The molecule has 0 N–H and O–H groups in total. The monoisotopic (exact) mass is 228 g/mol. The van der Waals surface area contributed by atoms with Crippen molar-refractivity contribution in [1.29, 1.82) is 0 Å². The van der Waals surface area contributed by atoms with Gasteiger partial charge in [-0.25, -0.2) is 4.79 Å². The molecule has 0 aliphatic heterocycles. The summed E-state index contributed by atoms with van der Waals surface area (Å²) >= 11 is 0. The van der Waals surface area contributed by atoms with E-state index in [0.717, 1.165) is 19.4 Å². The topological polar surface area (TPSA) is 35.5 Å². The number of rotatable bonds is 11. The first-order valence-corrected chi connectivity index (χ1v) is 6.18. The lowest BCUT2D eigenvalue weighted by molar-refractivity contribution is -0.138. The molecule has 0 atom stereocenters. The molecule has 3 heteroatoms. The average molecular weight is 228 g/mol. The lowest BCUT2D eigenvalue weighted by Gasteiger charge is -2.04. The van der Waals surface area contributed by atoms with Crippen molar-refractivity contribution >= 4 is 5.97 Å². The van der Waals surface area contributed by atoms with Gasteiger partial charge >= 0.3 is 5.97 Å². The van der Waals surface area contributed by atoms with Gasteiger partial charge in [0.1, 0.15) is 0 Å². The molecule has 0 fully saturated rings. The fourth-order valence-electron chi connectivity index (χ4n) is 1.30. The molecule has 0 radical (unpaired) electrons. The van der Waals surface area contributed by atoms with Crippen LogP contribution in [0.1, 0.15) is 45.4 Å². The van der Waals surface area contributed by atoms with Crippen molar-refractivity contribution in [2.24, 2.45) is 0 Å². The van der Waals surface area contributed by atoms with Crippen molar-refractivity contribution in [1.82, 2.24) is 0 Å². The highest BCUT2D eigenvalue weighted by Gasteiger charge is 1.95. The van der Waals surface area contributed by atoms with Crippen LogP contribution in [0.15, 0.2) is 12.7 Å². The van der Waals surface area contributed by atoms with Crippen LogP contribution in [0.4, 0.5) is 0 Å². The maximum atomic E-state index is 10.7. The number of hydrogen-bond acceptors (Lipinski definition) is 3. The van der Waals surface area contributed by atoms with Crippen LogP contribution in [0, 0.1) is 0 Å². The number of carbonyl (C=O) groups is 1. The Balaban J connectivity index is 2.98. The van der Waals surface area contributed by atoms with Crippen molar-refractivity contribution in [3.05, 3.63) is 12.7 Å². The molecule has 0 aliphatic carbocycles. The Bertz CT molecular complexity index is 178. The first-order chi connectivity index (χ1) is 7.81. The molecule has 0 unspecified atom stereocenters. The van der Waals surface area contributed by atoms with Crippen LogP contribution in [-0.4, -0.2) is 25.8 Å². The van der Waals surface area contributed by atoms with Gasteiger partial charge in [0.05, 0.1) is 6.61 Å². The predicted octanol–water partition coefficient (Wildman–Crippen LogP) is 3.09. The van der Waals surface area contributed by atoms with Gasteiger partial charge in [-0.3, -0.25) is 0 Å². The highest BCUT2D eigenvalue weighted by atomic mass is 16.5. The SMILES string of the molecule is C=CC(=O)OCCCOCCCCCCC. The standard InChI is InChI=1S/C13H24O3/c1-3-5-6-7-8-10-15-11-9-12-16-13(14)4-2/h4H,2-3,5-12H2,1H3. The fraction of sp³-hybridized carbons (Fsp3) is 0.769. The van der Waals surface area contributed by atoms with E-state index in [1.54, 1.807) is 0 Å². The van der Waals surface area contributed by atoms with Crippen molar-refractivity contribution in [2.75, 3.05) is 19.8 Å². The maximum absolute atomic E-state index is 10.7. The summed E-state index contributed by atoms with van der Waals surface area (Å²) in [5.41, 5.74) is 0. The van der Waals surface area contributed by atoms with Gasteiger partial charge in [0.2, 0.25) is 0 Å². The quantitative estimate of drug-likeness (QED) is 0.310. The Kier molecular flexibility index (Phi) is 11.6. The molecule has 0 saturated heterocycles. The number of unbranched alkanes of at least 4 members (excludes halogenated alkanes) is 4. The minimum Gasteiger partial charge on any atom is -0.462 e. The van der Waals surface area contributed by atoms with Crippen LogP contribution in [0.2, 0.25) is 0 Å². The molecule has 0 heterocycles. The molecule has 0 aromatic carbocycles. The smallest absolute Gasteiger partial charge is 0.330 e. The first-order valence-electron chi connectivity index (χ1n) is 6.18. The molecule has 94 valence electrons. The fourth-order valence-corrected chi connectivity index (χ4v) is 1.30. The summed E-state index contributed by atoms with van der Waals surface area (Å²) in [6.45, 7) is 7.43. The molecular formula is C13H24O3. The lowest BCUT2D eigenvalue weighted by Crippen LogP contribution is -2.05. The van der Waals surface area contributed by atoms with Crippen LogP contribution >= 0.6 is 0 Å². The van der Waals surface area contributed by atoms with E-state index in [0.29, 0.717) is 13.2 Å². The summed E-state index contributed by atoms with van der Waals surface area (Å²) in [5.74, 6) is -0.362. The second-order valence-corrected chi connectivity index (χ2v) is 3.75. The Hall–Kier alpha value is -0.830. The minimum atomic E-state index is -0.362. The number of carbonyl (C=O) groups excluding carboxylic acids is 1. The third-order valence-corrected chi connectivity index (χ3v) is 2.24. The molecule has 0 aromatic heterocycles. The van der Waals surface area contributed by atoms with E-state index >= 15 is 0 Å². The summed E-state index contributed by atoms with van der Waals surface area (Å²) in [6.07, 6.45) is 8.21. The molecule has 16 heavy (non-hydrogen) atoms. The molecule has 0 aromatic rings. The second-order valence-electron chi connectivity index (χ2n) is 3.75. The van der Waals surface area contributed by atoms with E-state index in [4.69, 9.17) is 9.47 Å². The number of hydrogen-bond donors (Lipinski definition) is 0. The van der Waals surface area contributed by atoms with Crippen LogP contribution in [0.5, 0.6) is 0 Å². The third-order valence-electron chi connectivity index (χ3n) is 2.24. The highest BCUT2D eigenvalue weighted by molar-refractivity contribution is 5.81. The lowest BCUT2D eigenvalue weighted by atomic mass is 10.2. The van der Waals surface area contributed by atoms with E-state index in [-0.39, 0.29) is 5.97 Å². The van der Waals surface area contributed by atoms with Gasteiger partial charge in [-0.1, -0.05) is 39.2 Å². The van der Waals surface area contributed by atoms with Gasteiger partial charge in [0.15, 0.2) is 0 Å². The van der Waals surface area contributed by atoms with Crippen molar-refractivity contribution < 1.29 is 14.3 Å². The number of ether oxygens (including phenoxy) is 2. The maximum Gasteiger partial charge on any atom is 0.330 e. The minimum absolute atomic E-state index is 0.362. The molecular weight excluding hydrogens is 204 g/mol. The van der Waals surface area contributed by atoms with Crippen molar-refractivity contribution in [3.8, 4) is 0 Å². The zero-order valence-corrected chi connectivity index (χ0v) is 10.4. The average Bonchev–Trinajstić information content (AvgIpc) is 2.31. The van der Waals surface area contributed by atoms with Crippen molar-refractivity contribution in [2.45, 2.75) is 45.4 Å². The molecule has 0 spiro atoms. The second kappa shape index (κ2) is 12.2. The van der Waals surface area contributed by atoms with Gasteiger partial charge in [0, 0.05) is 25.7 Å². The van der Waals surface area contributed by atoms with Gasteiger partial charge in [-0.15, -0.1) is 0 Å². The summed E-state index contributed by atoms with van der Waals surface area (Å²) in [4.78, 5) is 10.7. The summed E-state index contributed by atoms with van der Waals surface area (Å²) in [7, 11) is 0. The predicted molar refractivity (Wildman–Crippen MR) is 65.4 cm³/mol. The van der Waals surface area contributed by atoms with Crippen LogP contribution in [0.25, 0.3) is 0 Å². The third kappa shape index (κ3) is 11.2. The van der Waals surface area contributed by atoms with Gasteiger partial charge < -0.3 is 9.47 Å². The summed E-state index contributed by atoms with van der Waals surface area (Å²) < 4.78 is 10.2. The van der Waals surface area contributed by atoms with Gasteiger partial charge in [-0.05, 0) is 6.42 Å². The van der Waals surface area contributed by atoms with E-state index < -0.39 is 0 Å². The van der Waals surface area contributed by atoms with E-state index in [9.17, 15) is 4.79 Å². The molecule has 0 bridgehead atoms. The molecule has 0 rings (SSSR count). The van der Waals surface area contributed by atoms with Crippen LogP contribution in [0.3, 0.4) is 0 Å². The Labute approximate surface area is 98.8 Å². The Morgan fingerprint density at radius 3 is 2.44 bits per heavy atom. The van der Waals surface area contributed by atoms with Crippen molar-refractivity contribution in [3.63, 3.8) is 0 Å². The molecule has 0 aliphatic rings. The van der Waals surface area contributed by atoms with E-state index in [2.05, 4.69) is 13.5 Å². The largest absolute Gasteiger partial charge is 0.462 e. The molecule has 0 amide bonds. The van der Waals surface area contributed by atoms with Gasteiger partial charge in [-0.2, -0.15) is 0 Å². The summed E-state index contributed by atoms with van der Waals surface area (Å²) in [6, 6.07) is 0. The highest BCUT2D eigenvalue weighted by Crippen LogP contribution is 2.02. The molecule has 0 saturated carbocycles. The van der Waals surface area contributed by atoms with E-state index in [1.807, 2.05) is 0 Å².